The second-order valence-electron chi connectivity index (χ2n) is 7.51. The number of halogens is 1. The Balaban J connectivity index is 1.77. The molecule has 162 valence electrons. The number of Topliss-reactive ketones (excluding diaryl/α,β-unsaturated/α-hetero) is 1. The minimum Gasteiger partial charge on any atom is -0.507 e. The highest BCUT2D eigenvalue weighted by Gasteiger charge is 2.45. The van der Waals surface area contributed by atoms with E-state index in [1.54, 1.807) is 24.3 Å². The summed E-state index contributed by atoms with van der Waals surface area (Å²) in [6.45, 7) is 0.274. The summed E-state index contributed by atoms with van der Waals surface area (Å²) in [5.41, 5.74) is 1.94. The first kappa shape index (κ1) is 21.3. The van der Waals surface area contributed by atoms with E-state index >= 15 is 0 Å². The second-order valence-corrected chi connectivity index (χ2v) is 7.51. The van der Waals surface area contributed by atoms with Gasteiger partial charge in [-0.15, -0.1) is 0 Å². The summed E-state index contributed by atoms with van der Waals surface area (Å²) in [6, 6.07) is 21.0. The van der Waals surface area contributed by atoms with Crippen molar-refractivity contribution in [2.24, 2.45) is 0 Å². The van der Waals surface area contributed by atoms with Gasteiger partial charge >= 0.3 is 0 Å². The van der Waals surface area contributed by atoms with Gasteiger partial charge in [-0.05, 0) is 53.9 Å². The van der Waals surface area contributed by atoms with Gasteiger partial charge in [0.25, 0.3) is 11.7 Å². The molecule has 32 heavy (non-hydrogen) atoms. The zero-order valence-corrected chi connectivity index (χ0v) is 17.5. The fourth-order valence-corrected chi connectivity index (χ4v) is 3.90. The SMILES string of the molecule is COc1ccc(C(O)=C2C(=O)C(=O)N(CCc3ccccc3)C2c2ccc(F)cc2)cc1. The zero-order valence-electron chi connectivity index (χ0n) is 17.5. The van der Waals surface area contributed by atoms with E-state index in [0.29, 0.717) is 23.3 Å². The summed E-state index contributed by atoms with van der Waals surface area (Å²) >= 11 is 0. The monoisotopic (exact) mass is 431 g/mol. The van der Waals surface area contributed by atoms with Crippen LogP contribution in [0.4, 0.5) is 4.39 Å². The highest BCUT2D eigenvalue weighted by atomic mass is 19.1. The summed E-state index contributed by atoms with van der Waals surface area (Å²) in [6.07, 6.45) is 0.536. The number of ketones is 1. The van der Waals surface area contributed by atoms with Gasteiger partial charge in [0, 0.05) is 12.1 Å². The number of likely N-dealkylation sites (tertiary alicyclic amines) is 1. The molecule has 1 aliphatic rings. The van der Waals surface area contributed by atoms with E-state index in [1.165, 1.54) is 36.3 Å². The number of ether oxygens (including phenoxy) is 1. The Morgan fingerprint density at radius 2 is 1.62 bits per heavy atom. The first-order valence-electron chi connectivity index (χ1n) is 10.2. The summed E-state index contributed by atoms with van der Waals surface area (Å²) in [5.74, 6) is -1.56. The van der Waals surface area contributed by atoms with Crippen LogP contribution in [-0.4, -0.2) is 35.4 Å². The molecule has 1 unspecified atom stereocenters. The lowest BCUT2D eigenvalue weighted by Crippen LogP contribution is -2.31. The Hall–Kier alpha value is -3.93. The summed E-state index contributed by atoms with van der Waals surface area (Å²) in [7, 11) is 1.53. The van der Waals surface area contributed by atoms with Crippen LogP contribution < -0.4 is 4.74 Å². The van der Waals surface area contributed by atoms with Crippen molar-refractivity contribution >= 4 is 17.4 Å². The fourth-order valence-electron chi connectivity index (χ4n) is 3.90. The maximum atomic E-state index is 13.6. The average molecular weight is 431 g/mol. The molecule has 1 heterocycles. The molecule has 0 radical (unpaired) electrons. The number of hydrogen-bond donors (Lipinski definition) is 1. The Kier molecular flexibility index (Phi) is 6.03. The minimum atomic E-state index is -0.818. The van der Waals surface area contributed by atoms with Crippen LogP contribution in [0.1, 0.15) is 22.7 Å². The van der Waals surface area contributed by atoms with Crippen molar-refractivity contribution in [1.82, 2.24) is 4.90 Å². The van der Waals surface area contributed by atoms with E-state index in [2.05, 4.69) is 0 Å². The molecule has 0 aliphatic carbocycles. The van der Waals surface area contributed by atoms with Crippen LogP contribution in [-0.2, 0) is 16.0 Å². The van der Waals surface area contributed by atoms with E-state index in [9.17, 15) is 19.1 Å². The van der Waals surface area contributed by atoms with Crippen molar-refractivity contribution in [2.75, 3.05) is 13.7 Å². The molecule has 1 aliphatic heterocycles. The van der Waals surface area contributed by atoms with Crippen molar-refractivity contribution in [2.45, 2.75) is 12.5 Å². The summed E-state index contributed by atoms with van der Waals surface area (Å²) < 4.78 is 18.7. The minimum absolute atomic E-state index is 0.0140. The smallest absolute Gasteiger partial charge is 0.295 e. The number of benzene rings is 3. The molecule has 1 fully saturated rings. The number of amides is 1. The molecule has 1 N–H and O–H groups in total. The van der Waals surface area contributed by atoms with E-state index in [1.807, 2.05) is 30.3 Å². The molecule has 0 aromatic heterocycles. The predicted octanol–water partition coefficient (Wildman–Crippen LogP) is 4.50. The maximum Gasteiger partial charge on any atom is 0.295 e. The third-order valence-electron chi connectivity index (χ3n) is 5.57. The number of rotatable bonds is 6. The molecule has 6 heteroatoms. The number of methoxy groups -OCH3 is 1. The van der Waals surface area contributed by atoms with Crippen molar-refractivity contribution < 1.29 is 23.8 Å². The number of nitrogens with zero attached hydrogens (tertiary/aromatic N) is 1. The molecular weight excluding hydrogens is 409 g/mol. The third-order valence-corrected chi connectivity index (χ3v) is 5.57. The molecule has 0 saturated carbocycles. The van der Waals surface area contributed by atoms with Crippen molar-refractivity contribution in [3.8, 4) is 5.75 Å². The largest absolute Gasteiger partial charge is 0.507 e. The lowest BCUT2D eigenvalue weighted by molar-refractivity contribution is -0.139. The Morgan fingerprint density at radius 3 is 2.25 bits per heavy atom. The Morgan fingerprint density at radius 1 is 0.969 bits per heavy atom. The molecular formula is C26H22FNO4. The Labute approximate surface area is 185 Å². The number of carbonyl (C=O) groups is 2. The quantitative estimate of drug-likeness (QED) is 0.355. The van der Waals surface area contributed by atoms with Gasteiger partial charge in [0.15, 0.2) is 0 Å². The molecule has 0 spiro atoms. The normalized spacial score (nSPS) is 17.6. The van der Waals surface area contributed by atoms with Crippen molar-refractivity contribution in [3.63, 3.8) is 0 Å². The van der Waals surface area contributed by atoms with Gasteiger partial charge in [-0.2, -0.15) is 0 Å². The van der Waals surface area contributed by atoms with Gasteiger partial charge in [-0.1, -0.05) is 42.5 Å². The molecule has 0 bridgehead atoms. The van der Waals surface area contributed by atoms with Crippen LogP contribution >= 0.6 is 0 Å². The van der Waals surface area contributed by atoms with Crippen LogP contribution in [0.25, 0.3) is 5.76 Å². The van der Waals surface area contributed by atoms with Crippen LogP contribution in [0.2, 0.25) is 0 Å². The highest BCUT2D eigenvalue weighted by molar-refractivity contribution is 6.46. The second kappa shape index (κ2) is 9.06. The fraction of sp³-hybridized carbons (Fsp3) is 0.154. The number of aliphatic hydroxyl groups excluding tert-OH is 1. The first-order valence-corrected chi connectivity index (χ1v) is 10.2. The number of carbonyl (C=O) groups excluding carboxylic acids is 2. The van der Waals surface area contributed by atoms with Crippen molar-refractivity contribution in [3.05, 3.63) is 107 Å². The van der Waals surface area contributed by atoms with E-state index in [4.69, 9.17) is 4.74 Å². The molecule has 1 atom stereocenters. The molecule has 3 aromatic rings. The van der Waals surface area contributed by atoms with Gasteiger partial charge in [-0.25, -0.2) is 4.39 Å². The van der Waals surface area contributed by atoms with Crippen LogP contribution in [0, 0.1) is 5.82 Å². The molecule has 4 rings (SSSR count). The van der Waals surface area contributed by atoms with E-state index in [-0.39, 0.29) is 17.9 Å². The highest BCUT2D eigenvalue weighted by Crippen LogP contribution is 2.39. The average Bonchev–Trinajstić information content (AvgIpc) is 3.08. The van der Waals surface area contributed by atoms with Crippen molar-refractivity contribution in [1.29, 1.82) is 0 Å². The van der Waals surface area contributed by atoms with Gasteiger partial charge in [0.1, 0.15) is 17.3 Å². The summed E-state index contributed by atoms with van der Waals surface area (Å²) in [5, 5.41) is 11.0. The summed E-state index contributed by atoms with van der Waals surface area (Å²) in [4.78, 5) is 27.4. The maximum absolute atomic E-state index is 13.6. The Bertz CT molecular complexity index is 1150. The predicted molar refractivity (Wildman–Crippen MR) is 119 cm³/mol. The molecule has 1 saturated heterocycles. The lowest BCUT2D eigenvalue weighted by Gasteiger charge is -2.25. The van der Waals surface area contributed by atoms with E-state index in [0.717, 1.165) is 5.56 Å². The van der Waals surface area contributed by atoms with Gasteiger partial charge in [-0.3, -0.25) is 9.59 Å². The van der Waals surface area contributed by atoms with Gasteiger partial charge in [0.05, 0.1) is 18.7 Å². The molecule has 5 nitrogen and oxygen atoms in total. The van der Waals surface area contributed by atoms with Gasteiger partial charge < -0.3 is 14.7 Å². The number of hydrogen-bond acceptors (Lipinski definition) is 4. The molecule has 1 amide bonds. The van der Waals surface area contributed by atoms with Crippen LogP contribution in [0.15, 0.2) is 84.4 Å². The van der Waals surface area contributed by atoms with Crippen LogP contribution in [0.5, 0.6) is 5.75 Å². The molecule has 3 aromatic carbocycles. The lowest BCUT2D eigenvalue weighted by atomic mass is 9.95. The van der Waals surface area contributed by atoms with Crippen LogP contribution in [0.3, 0.4) is 0 Å². The standard InChI is InChI=1S/C26H22FNO4/c1-32-21-13-9-19(10-14-21)24(29)22-23(18-7-11-20(27)12-8-18)28(26(31)25(22)30)16-15-17-5-3-2-4-6-17/h2-14,23,29H,15-16H2,1H3. The topological polar surface area (TPSA) is 66.8 Å². The van der Waals surface area contributed by atoms with E-state index < -0.39 is 23.5 Å². The number of aliphatic hydroxyl groups is 1. The third kappa shape index (κ3) is 4.12. The zero-order chi connectivity index (χ0) is 22.7. The van der Waals surface area contributed by atoms with Gasteiger partial charge in [0.2, 0.25) is 0 Å². The first-order chi connectivity index (χ1) is 15.5.